The van der Waals surface area contributed by atoms with Gasteiger partial charge in [0.2, 0.25) is 5.95 Å². The zero-order valence-corrected chi connectivity index (χ0v) is 25.6. The lowest BCUT2D eigenvalue weighted by atomic mass is 10.1. The quantitative estimate of drug-likeness (QED) is 0.0773. The summed E-state index contributed by atoms with van der Waals surface area (Å²) in [4.78, 5) is 35.0. The number of ether oxygens (including phenoxy) is 2. The van der Waals surface area contributed by atoms with Gasteiger partial charge in [-0.3, -0.25) is 32.5 Å². The number of anilines is 2. The highest BCUT2D eigenvalue weighted by atomic mass is 32.7. The third-order valence-corrected chi connectivity index (χ3v) is 10.3. The van der Waals surface area contributed by atoms with Crippen LogP contribution in [0, 0.1) is 0 Å². The first-order valence-corrected chi connectivity index (χ1v) is 17.9. The Morgan fingerprint density at radius 1 is 0.911 bits per heavy atom. The van der Waals surface area contributed by atoms with Crippen molar-refractivity contribution >= 4 is 68.2 Å². The van der Waals surface area contributed by atoms with E-state index >= 15 is 0 Å². The molecular formula is C20H25BN10O11P2S. The fourth-order valence-electron chi connectivity index (χ4n) is 5.40. The van der Waals surface area contributed by atoms with E-state index in [1.165, 1.54) is 28.1 Å². The molecule has 3 fully saturated rings. The minimum Gasteiger partial charge on any atom is -0.387 e. The minimum absolute atomic E-state index is 0.0228. The molecule has 3 aliphatic heterocycles. The third kappa shape index (κ3) is 5.46. The fourth-order valence-corrected chi connectivity index (χ4v) is 8.05. The number of nitrogen functional groups attached to an aromatic ring is 2. The molecule has 21 nitrogen and oxygen atoms in total. The largest absolute Gasteiger partial charge is 0.387 e. The second-order valence-corrected chi connectivity index (χ2v) is 15.3. The number of nitrogens with zero attached hydrogens (tertiary/aromatic N) is 7. The lowest BCUT2D eigenvalue weighted by Crippen LogP contribution is -2.36. The van der Waals surface area contributed by atoms with Crippen molar-refractivity contribution < 1.29 is 46.9 Å². The summed E-state index contributed by atoms with van der Waals surface area (Å²) in [5.41, 5.74) is 11.3. The van der Waals surface area contributed by atoms with Crippen LogP contribution in [0.2, 0.25) is 0 Å². The van der Waals surface area contributed by atoms with Gasteiger partial charge in [-0.05, 0) is 0 Å². The predicted molar refractivity (Wildman–Crippen MR) is 157 cm³/mol. The summed E-state index contributed by atoms with van der Waals surface area (Å²) < 4.78 is 64.3. The van der Waals surface area contributed by atoms with Crippen LogP contribution in [-0.4, -0.2) is 107 Å². The van der Waals surface area contributed by atoms with Gasteiger partial charge in [-0.15, -0.1) is 0 Å². The molecule has 7 N–H and O–H groups in total. The van der Waals surface area contributed by atoms with E-state index in [1.54, 1.807) is 0 Å². The zero-order valence-electron chi connectivity index (χ0n) is 23.0. The maximum Gasteiger partial charge on any atom is 0.386 e. The Kier molecular flexibility index (Phi) is 7.57. The second kappa shape index (κ2) is 11.1. The van der Waals surface area contributed by atoms with Crippen molar-refractivity contribution in [2.24, 2.45) is 0 Å². The first-order valence-electron chi connectivity index (χ1n) is 13.2. The summed E-state index contributed by atoms with van der Waals surface area (Å²) in [6, 6.07) is 0. The highest BCUT2D eigenvalue weighted by Crippen LogP contribution is 2.58. The molecule has 10 atom stereocenters. The second-order valence-electron chi connectivity index (χ2n) is 10.4. The number of hydrogen-bond acceptors (Lipinski definition) is 18. The number of thiol groups is 1. The fraction of sp³-hybridized carbons (Fsp3) is 0.500. The van der Waals surface area contributed by atoms with E-state index < -0.39 is 82.1 Å². The van der Waals surface area contributed by atoms with E-state index in [0.29, 0.717) is 0 Å². The highest BCUT2D eigenvalue weighted by Gasteiger charge is 2.53. The first-order chi connectivity index (χ1) is 21.3. The Hall–Kier alpha value is -2.95. The summed E-state index contributed by atoms with van der Waals surface area (Å²) in [5.74, 6) is -0.120. The average molecular weight is 686 g/mol. The Morgan fingerprint density at radius 3 is 2.38 bits per heavy atom. The molecule has 7 heterocycles. The van der Waals surface area contributed by atoms with Crippen LogP contribution in [-0.2, 0) is 36.7 Å². The van der Waals surface area contributed by atoms with E-state index in [-0.39, 0.29) is 34.1 Å². The number of nitrogens with two attached hydrogens (primary N) is 2. The molecule has 25 heteroatoms. The Balaban J connectivity index is 1.21. The highest BCUT2D eigenvalue weighted by molar-refractivity contribution is 8.44. The summed E-state index contributed by atoms with van der Waals surface area (Å²) in [6.07, 6.45) is -7.05. The topological polar surface area (TPSA) is 289 Å². The Labute approximate surface area is 257 Å². The molecule has 4 aromatic rings. The molecule has 2 bridgehead atoms. The number of aromatic nitrogens is 8. The number of rotatable bonds is 2. The standard InChI is InChI=1S/C20H25BN10O11P2S/c21-43(35)37-1-6-10(32)13(19(39-6)31-5-27-9-16(31)28-20(23)29-17(9)34)42-44(36,45)38-2-7-12(41-43)11(33)18(40-7)30-4-26-8-14(22)24-3-25-15(8)30/h3-7,10-13,18-19,32-33H,1-2,21H2,(H,36,45)(H2,22,24,25)(H3,23,28,29,34). The van der Waals surface area contributed by atoms with Gasteiger partial charge in [0.15, 0.2) is 35.1 Å². The van der Waals surface area contributed by atoms with E-state index in [2.05, 4.69) is 42.2 Å². The lowest BCUT2D eigenvalue weighted by Gasteiger charge is -2.27. The summed E-state index contributed by atoms with van der Waals surface area (Å²) in [6.45, 7) is -5.42. The van der Waals surface area contributed by atoms with Crippen LogP contribution in [0.4, 0.5) is 11.8 Å². The van der Waals surface area contributed by atoms with Crippen LogP contribution >= 0.6 is 26.5 Å². The molecule has 240 valence electrons. The number of hydrogen-bond donors (Lipinski definition) is 6. The van der Waals surface area contributed by atoms with Gasteiger partial charge in [-0.2, -0.15) is 4.98 Å². The monoisotopic (exact) mass is 686 g/mol. The minimum atomic E-state index is -4.36. The van der Waals surface area contributed by atoms with Crippen molar-refractivity contribution in [2.45, 2.75) is 49.1 Å². The van der Waals surface area contributed by atoms with Gasteiger partial charge in [-0.25, -0.2) is 24.5 Å². The molecule has 45 heavy (non-hydrogen) atoms. The predicted octanol–water partition coefficient (Wildman–Crippen LogP) is -1.76. The van der Waals surface area contributed by atoms with Crippen LogP contribution in [0.15, 0.2) is 23.8 Å². The van der Waals surface area contributed by atoms with Crippen molar-refractivity contribution in [3.63, 3.8) is 0 Å². The van der Waals surface area contributed by atoms with E-state index in [0.717, 1.165) is 7.57 Å². The third-order valence-electron chi connectivity index (χ3n) is 7.45. The molecular weight excluding hydrogens is 661 g/mol. The number of aliphatic hydroxyl groups excluding tert-OH is 2. The Bertz CT molecular complexity index is 1950. The zero-order chi connectivity index (χ0) is 31.8. The molecule has 0 spiro atoms. The van der Waals surface area contributed by atoms with E-state index in [1.807, 2.05) is 0 Å². The summed E-state index contributed by atoms with van der Waals surface area (Å²) >= 11 is 4.09. The molecule has 0 saturated carbocycles. The van der Waals surface area contributed by atoms with Crippen molar-refractivity contribution in [1.29, 1.82) is 0 Å². The molecule has 7 rings (SSSR count). The summed E-state index contributed by atoms with van der Waals surface area (Å²) in [5, 5.41) is 22.4. The van der Waals surface area contributed by atoms with Crippen LogP contribution in [0.5, 0.6) is 0 Å². The van der Waals surface area contributed by atoms with Gasteiger partial charge >= 0.3 is 6.80 Å². The van der Waals surface area contributed by atoms with Crippen molar-refractivity contribution in [2.75, 3.05) is 24.7 Å². The number of fused-ring (bicyclic) bond motifs is 5. The number of imidazole rings is 2. The van der Waals surface area contributed by atoms with Gasteiger partial charge in [0.05, 0.1) is 25.9 Å². The molecule has 0 radical (unpaired) electrons. The van der Waals surface area contributed by atoms with Gasteiger partial charge in [0, 0.05) is 0 Å². The number of aliphatic hydroxyl groups is 2. The number of nitrogens with one attached hydrogen (secondary N) is 1. The van der Waals surface area contributed by atoms with Gasteiger partial charge < -0.3 is 40.2 Å². The molecule has 3 saturated heterocycles. The summed E-state index contributed by atoms with van der Waals surface area (Å²) in [7, 11) is -2.86. The van der Waals surface area contributed by atoms with Crippen LogP contribution in [0.1, 0.15) is 12.5 Å². The maximum atomic E-state index is 13.5. The van der Waals surface area contributed by atoms with Gasteiger partial charge in [-0.1, -0.05) is 12.2 Å². The molecule has 0 amide bonds. The van der Waals surface area contributed by atoms with Crippen molar-refractivity contribution in [3.8, 4) is 0 Å². The lowest BCUT2D eigenvalue weighted by molar-refractivity contribution is -0.0576. The van der Waals surface area contributed by atoms with Gasteiger partial charge in [0.25, 0.3) is 20.6 Å². The normalized spacial score (nSPS) is 37.7. The van der Waals surface area contributed by atoms with Crippen LogP contribution in [0.3, 0.4) is 0 Å². The van der Waals surface area contributed by atoms with Crippen molar-refractivity contribution in [3.05, 3.63) is 29.3 Å². The average Bonchev–Trinajstić information content (AvgIpc) is 3.72. The number of aromatic amines is 1. The molecule has 3 aliphatic rings. The molecule has 10 unspecified atom stereocenters. The van der Waals surface area contributed by atoms with Crippen LogP contribution < -0.4 is 17.0 Å². The SMILES string of the molecule is BP1(=O)OCC2OC(n3cnc4c(=O)[nH]c(N)nc43)C(OP(=O)(S)OCC3OC(n4cnc5c(N)ncnc54)C(O)C3O1)C2O. The van der Waals surface area contributed by atoms with Crippen molar-refractivity contribution in [1.82, 2.24) is 39.0 Å². The van der Waals surface area contributed by atoms with Crippen LogP contribution in [0.25, 0.3) is 22.3 Å². The molecule has 0 aliphatic carbocycles. The van der Waals surface area contributed by atoms with E-state index in [9.17, 15) is 24.1 Å². The molecule has 0 aromatic carbocycles. The maximum absolute atomic E-state index is 13.5. The smallest absolute Gasteiger partial charge is 0.386 e. The molecule has 4 aromatic heterocycles. The Morgan fingerprint density at radius 2 is 1.60 bits per heavy atom. The van der Waals surface area contributed by atoms with Gasteiger partial charge in [0.1, 0.15) is 48.5 Å². The first kappa shape index (κ1) is 30.7. The number of H-pyrrole nitrogens is 1. The van der Waals surface area contributed by atoms with E-state index in [4.69, 9.17) is 39.0 Å².